The van der Waals surface area contributed by atoms with E-state index in [2.05, 4.69) is 4.99 Å². The molecular formula is C28H33FN2O6S2. The van der Waals surface area contributed by atoms with Crippen LogP contribution in [-0.2, 0) is 25.6 Å². The number of thioether (sulfide) groups is 1. The summed E-state index contributed by atoms with van der Waals surface area (Å²) in [6.07, 6.45) is -3.29. The number of benzene rings is 2. The van der Waals surface area contributed by atoms with Crippen molar-refractivity contribution in [1.82, 2.24) is 4.90 Å². The van der Waals surface area contributed by atoms with Crippen molar-refractivity contribution < 1.29 is 32.9 Å². The second-order valence-corrected chi connectivity index (χ2v) is 11.5. The van der Waals surface area contributed by atoms with Gasteiger partial charge in [0.1, 0.15) is 28.9 Å². The van der Waals surface area contributed by atoms with E-state index < -0.39 is 41.6 Å². The number of hydrogen-bond donors (Lipinski definition) is 0. The molecule has 8 nitrogen and oxygen atoms in total. The van der Waals surface area contributed by atoms with Crippen molar-refractivity contribution in [3.63, 3.8) is 0 Å². The van der Waals surface area contributed by atoms with E-state index in [9.17, 15) is 4.79 Å². The van der Waals surface area contributed by atoms with Gasteiger partial charge >= 0.3 is 11.3 Å². The molecule has 0 saturated carbocycles. The Morgan fingerprint density at radius 1 is 1.13 bits per heavy atom. The van der Waals surface area contributed by atoms with E-state index in [1.165, 1.54) is 16.7 Å². The van der Waals surface area contributed by atoms with Gasteiger partial charge in [0.15, 0.2) is 11.3 Å². The van der Waals surface area contributed by atoms with Crippen LogP contribution in [0.2, 0.25) is 0 Å². The fourth-order valence-electron chi connectivity index (χ4n) is 4.02. The van der Waals surface area contributed by atoms with E-state index in [1.807, 2.05) is 48.5 Å². The number of amidine groups is 1. The van der Waals surface area contributed by atoms with Crippen LogP contribution < -0.4 is 4.74 Å². The number of carbonyl (C=O) groups excluding carboxylic acids is 1. The van der Waals surface area contributed by atoms with Crippen LogP contribution in [0.15, 0.2) is 65.7 Å². The Labute approximate surface area is 237 Å². The number of aliphatic imine (C=N–C) groups is 1. The van der Waals surface area contributed by atoms with Gasteiger partial charge < -0.3 is 23.7 Å². The van der Waals surface area contributed by atoms with Gasteiger partial charge in [0.05, 0.1) is 19.3 Å². The third-order valence-corrected chi connectivity index (χ3v) is 7.30. The fraction of sp³-hybridized carbons (Fsp3) is 0.464. The highest BCUT2D eigenvalue weighted by atomic mass is 32.2. The summed E-state index contributed by atoms with van der Waals surface area (Å²) >= 11 is 6.38. The summed E-state index contributed by atoms with van der Waals surface area (Å²) < 4.78 is 44.9. The second kappa shape index (κ2) is 13.1. The largest absolute Gasteiger partial charge is 0.456 e. The molecule has 1 saturated heterocycles. The smallest absolute Gasteiger partial charge is 0.416 e. The summed E-state index contributed by atoms with van der Waals surface area (Å²) in [5.41, 5.74) is -0.393. The standard InChI is InChI=1S/C28H33FN2O6S2/c1-28(2,3)37-26(32)31(4)25-30-22-21(29)23(34-17-18-11-7-5-8-12-18)20(36-24(22)39-25)15-16-33-27(38)35-19-13-9-6-10-14-19/h5-14,20-24H,15-17H2,1-4H3/t20-,21+,22-,23-,24-/m1/s1. The average Bonchev–Trinajstić information content (AvgIpc) is 3.32. The summed E-state index contributed by atoms with van der Waals surface area (Å²) in [4.78, 5) is 18.3. The topological polar surface area (TPSA) is 78.8 Å². The molecule has 210 valence electrons. The molecule has 2 aromatic rings. The molecule has 0 spiro atoms. The molecule has 11 heteroatoms. The van der Waals surface area contributed by atoms with Crippen LogP contribution in [0, 0.1) is 0 Å². The van der Waals surface area contributed by atoms with Crippen LogP contribution in [0.3, 0.4) is 0 Å². The molecule has 0 bridgehead atoms. The predicted octanol–water partition coefficient (Wildman–Crippen LogP) is 5.74. The van der Waals surface area contributed by atoms with Crippen molar-refractivity contribution in [3.8, 4) is 5.75 Å². The number of rotatable bonds is 7. The van der Waals surface area contributed by atoms with Gasteiger partial charge in [0.25, 0.3) is 0 Å². The Kier molecular flexibility index (Phi) is 9.81. The molecule has 2 aliphatic heterocycles. The van der Waals surface area contributed by atoms with Crippen LogP contribution in [0.25, 0.3) is 0 Å². The highest BCUT2D eigenvalue weighted by Crippen LogP contribution is 2.40. The van der Waals surface area contributed by atoms with Crippen LogP contribution in [0.1, 0.15) is 32.8 Å². The number of hydrogen-bond acceptors (Lipinski definition) is 9. The van der Waals surface area contributed by atoms with Crippen molar-refractivity contribution in [2.24, 2.45) is 4.99 Å². The molecule has 5 atom stereocenters. The van der Waals surface area contributed by atoms with E-state index in [1.54, 1.807) is 40.0 Å². The lowest BCUT2D eigenvalue weighted by Crippen LogP contribution is -2.54. The maximum atomic E-state index is 16.0. The molecule has 39 heavy (non-hydrogen) atoms. The summed E-state index contributed by atoms with van der Waals surface area (Å²) in [6, 6.07) is 17.8. The van der Waals surface area contributed by atoms with E-state index in [-0.39, 0.29) is 18.5 Å². The lowest BCUT2D eigenvalue weighted by Gasteiger charge is -2.39. The van der Waals surface area contributed by atoms with E-state index in [0.717, 1.165) is 5.56 Å². The average molecular weight is 577 g/mol. The monoisotopic (exact) mass is 576 g/mol. The zero-order valence-electron chi connectivity index (χ0n) is 22.3. The zero-order chi connectivity index (χ0) is 28.0. The van der Waals surface area contributed by atoms with Crippen LogP contribution in [0.5, 0.6) is 5.75 Å². The summed E-state index contributed by atoms with van der Waals surface area (Å²) in [5, 5.41) is 0.298. The molecule has 1 amide bonds. The van der Waals surface area contributed by atoms with Gasteiger partial charge in [0, 0.05) is 25.7 Å². The third kappa shape index (κ3) is 8.14. The molecule has 2 aliphatic rings. The lowest BCUT2D eigenvalue weighted by atomic mass is 9.97. The first kappa shape index (κ1) is 29.3. The number of halogens is 1. The lowest BCUT2D eigenvalue weighted by molar-refractivity contribution is -0.164. The molecule has 2 aromatic carbocycles. The van der Waals surface area contributed by atoms with Gasteiger partial charge in [-0.15, -0.1) is 0 Å². The second-order valence-electron chi connectivity index (χ2n) is 10.1. The van der Waals surface area contributed by atoms with Gasteiger partial charge in [-0.05, 0) is 38.5 Å². The molecule has 0 aliphatic carbocycles. The predicted molar refractivity (Wildman–Crippen MR) is 152 cm³/mol. The Hall–Kier alpha value is -2.73. The number of thiocarbonyl (C=S) groups is 1. The van der Waals surface area contributed by atoms with Crippen molar-refractivity contribution in [1.29, 1.82) is 0 Å². The van der Waals surface area contributed by atoms with Gasteiger partial charge in [-0.2, -0.15) is 0 Å². The van der Waals surface area contributed by atoms with E-state index in [0.29, 0.717) is 17.3 Å². The first-order valence-corrected chi connectivity index (χ1v) is 14.0. The van der Waals surface area contributed by atoms with Crippen molar-refractivity contribution >= 4 is 40.5 Å². The maximum Gasteiger partial charge on any atom is 0.416 e. The minimum Gasteiger partial charge on any atom is -0.456 e. The van der Waals surface area contributed by atoms with Gasteiger partial charge in [-0.25, -0.2) is 9.18 Å². The first-order valence-electron chi connectivity index (χ1n) is 12.7. The Morgan fingerprint density at radius 3 is 2.46 bits per heavy atom. The van der Waals surface area contributed by atoms with Crippen molar-refractivity contribution in [3.05, 3.63) is 66.2 Å². The third-order valence-electron chi connectivity index (χ3n) is 5.88. The number of alkyl halides is 1. The van der Waals surface area contributed by atoms with Crippen LogP contribution in [0.4, 0.5) is 9.18 Å². The number of carbonyl (C=O) groups is 1. The summed E-state index contributed by atoms with van der Waals surface area (Å²) in [6.45, 7) is 5.69. The van der Waals surface area contributed by atoms with E-state index in [4.69, 9.17) is 35.9 Å². The first-order chi connectivity index (χ1) is 18.6. The number of nitrogens with zero attached hydrogens (tertiary/aromatic N) is 2. The van der Waals surface area contributed by atoms with Gasteiger partial charge in [0.2, 0.25) is 0 Å². The van der Waals surface area contributed by atoms with Crippen LogP contribution in [-0.4, -0.2) is 70.5 Å². The zero-order valence-corrected chi connectivity index (χ0v) is 24.0. The summed E-state index contributed by atoms with van der Waals surface area (Å²) in [7, 11) is 1.55. The SMILES string of the molecule is CN(C(=O)OC(C)(C)C)C1=N[C@@H]2[C@H](F)[C@H](OCc3ccccc3)[C@@H](CCOC(=S)Oc3ccccc3)O[C@@H]2S1. The van der Waals surface area contributed by atoms with Gasteiger partial charge in [-0.1, -0.05) is 60.3 Å². The minimum absolute atomic E-state index is 0.0340. The Morgan fingerprint density at radius 2 is 1.79 bits per heavy atom. The highest BCUT2D eigenvalue weighted by molar-refractivity contribution is 8.14. The Balaban J connectivity index is 1.41. The summed E-state index contributed by atoms with van der Waals surface area (Å²) in [5.74, 6) is 0.563. The van der Waals surface area contributed by atoms with Crippen molar-refractivity contribution in [2.75, 3.05) is 13.7 Å². The maximum absolute atomic E-state index is 16.0. The number of fused-ring (bicyclic) bond motifs is 1. The number of ether oxygens (including phenoxy) is 5. The number of para-hydroxylation sites is 1. The quantitative estimate of drug-likeness (QED) is 0.386. The van der Waals surface area contributed by atoms with E-state index >= 15 is 4.39 Å². The van der Waals surface area contributed by atoms with Crippen LogP contribution >= 0.6 is 24.0 Å². The molecular weight excluding hydrogens is 543 g/mol. The molecule has 0 radical (unpaired) electrons. The molecule has 1 fully saturated rings. The van der Waals surface area contributed by atoms with Crippen molar-refractivity contribution in [2.45, 2.75) is 69.3 Å². The minimum atomic E-state index is -1.47. The fourth-order valence-corrected chi connectivity index (χ4v) is 5.37. The molecule has 2 heterocycles. The normalized spacial score (nSPS) is 24.3. The number of amides is 1. The van der Waals surface area contributed by atoms with Gasteiger partial charge in [-0.3, -0.25) is 9.89 Å². The highest BCUT2D eigenvalue weighted by Gasteiger charge is 2.51. The Bertz CT molecular complexity index is 1150. The molecule has 4 rings (SSSR count). The molecule has 0 aromatic heterocycles. The molecule has 0 N–H and O–H groups in total. The molecule has 0 unspecified atom stereocenters.